The Hall–Kier alpha value is -2.39. The highest BCUT2D eigenvalue weighted by molar-refractivity contribution is 5.63. The van der Waals surface area contributed by atoms with E-state index >= 15 is 0 Å². The van der Waals surface area contributed by atoms with Gasteiger partial charge in [0.15, 0.2) is 0 Å². The molecule has 1 heterocycles. The van der Waals surface area contributed by atoms with Gasteiger partial charge in [-0.25, -0.2) is 4.68 Å². The van der Waals surface area contributed by atoms with Gasteiger partial charge in [0, 0.05) is 17.3 Å². The smallest absolute Gasteiger partial charge is 0.0982 e. The Bertz CT molecular complexity index is 815. The standard InChI is InChI=1S/C22H24N2O/c25-16-20-15-24(21-9-5-2-6-10-21)23-22(20)19-13-11-18(12-14-19)17-7-3-1-4-8-17/h2,5-6,9-15,17,25H,1,3-4,7-8,16H2. The second-order valence-corrected chi connectivity index (χ2v) is 6.90. The highest BCUT2D eigenvalue weighted by Gasteiger charge is 2.16. The molecule has 1 saturated carbocycles. The molecule has 2 aromatic carbocycles. The molecule has 0 saturated heterocycles. The summed E-state index contributed by atoms with van der Waals surface area (Å²) in [6.07, 6.45) is 8.62. The molecule has 1 aliphatic carbocycles. The van der Waals surface area contributed by atoms with Gasteiger partial charge in [-0.3, -0.25) is 0 Å². The normalized spacial score (nSPS) is 15.4. The highest BCUT2D eigenvalue weighted by Crippen LogP contribution is 2.34. The van der Waals surface area contributed by atoms with E-state index in [4.69, 9.17) is 5.10 Å². The molecule has 3 aromatic rings. The molecule has 0 unspecified atom stereocenters. The van der Waals surface area contributed by atoms with Crippen molar-refractivity contribution in [2.75, 3.05) is 0 Å². The molecular formula is C22H24N2O. The minimum absolute atomic E-state index is 0.00740. The van der Waals surface area contributed by atoms with Crippen molar-refractivity contribution in [2.24, 2.45) is 0 Å². The van der Waals surface area contributed by atoms with Crippen molar-refractivity contribution in [2.45, 2.75) is 44.6 Å². The lowest BCUT2D eigenvalue weighted by molar-refractivity contribution is 0.282. The third-order valence-electron chi connectivity index (χ3n) is 5.24. The summed E-state index contributed by atoms with van der Waals surface area (Å²) in [6.45, 7) is -0.00740. The summed E-state index contributed by atoms with van der Waals surface area (Å²) in [5, 5.41) is 14.5. The van der Waals surface area contributed by atoms with Crippen molar-refractivity contribution >= 4 is 0 Å². The van der Waals surface area contributed by atoms with E-state index in [0.29, 0.717) is 5.92 Å². The average Bonchev–Trinajstić information content (AvgIpc) is 3.14. The summed E-state index contributed by atoms with van der Waals surface area (Å²) < 4.78 is 1.84. The van der Waals surface area contributed by atoms with E-state index in [1.54, 1.807) is 0 Å². The van der Waals surface area contributed by atoms with Crippen molar-refractivity contribution in [1.82, 2.24) is 9.78 Å². The van der Waals surface area contributed by atoms with Crippen LogP contribution in [0.5, 0.6) is 0 Å². The van der Waals surface area contributed by atoms with Crippen LogP contribution in [0, 0.1) is 0 Å². The predicted octanol–water partition coefficient (Wildman–Crippen LogP) is 5.08. The molecule has 0 amide bonds. The van der Waals surface area contributed by atoms with E-state index in [1.165, 1.54) is 37.7 Å². The van der Waals surface area contributed by atoms with Crippen LogP contribution < -0.4 is 0 Å². The Morgan fingerprint density at radius 1 is 0.920 bits per heavy atom. The van der Waals surface area contributed by atoms with E-state index < -0.39 is 0 Å². The number of rotatable bonds is 4. The summed E-state index contributed by atoms with van der Waals surface area (Å²) in [5.74, 6) is 0.710. The van der Waals surface area contributed by atoms with Gasteiger partial charge in [-0.05, 0) is 36.5 Å². The lowest BCUT2D eigenvalue weighted by atomic mass is 9.84. The summed E-state index contributed by atoms with van der Waals surface area (Å²) in [6, 6.07) is 18.8. The van der Waals surface area contributed by atoms with Gasteiger partial charge in [0.1, 0.15) is 0 Å². The molecule has 1 fully saturated rings. The Morgan fingerprint density at radius 3 is 2.32 bits per heavy atom. The molecule has 1 aromatic heterocycles. The number of aliphatic hydroxyl groups is 1. The Labute approximate surface area is 148 Å². The van der Waals surface area contributed by atoms with Gasteiger partial charge >= 0.3 is 0 Å². The largest absolute Gasteiger partial charge is 0.392 e. The van der Waals surface area contributed by atoms with Gasteiger partial charge in [0.05, 0.1) is 18.0 Å². The second-order valence-electron chi connectivity index (χ2n) is 6.90. The van der Waals surface area contributed by atoms with E-state index in [9.17, 15) is 5.11 Å². The maximum atomic E-state index is 9.75. The van der Waals surface area contributed by atoms with Crippen LogP contribution in [0.2, 0.25) is 0 Å². The summed E-state index contributed by atoms with van der Waals surface area (Å²) in [7, 11) is 0. The SMILES string of the molecule is OCc1cn(-c2ccccc2)nc1-c1ccc(C2CCCCC2)cc1. The maximum absolute atomic E-state index is 9.75. The quantitative estimate of drug-likeness (QED) is 0.723. The fourth-order valence-corrected chi connectivity index (χ4v) is 3.83. The first-order valence-corrected chi connectivity index (χ1v) is 9.20. The third kappa shape index (κ3) is 3.38. The molecule has 1 aliphatic rings. The number of benzene rings is 2. The predicted molar refractivity (Wildman–Crippen MR) is 101 cm³/mol. The van der Waals surface area contributed by atoms with Crippen molar-refractivity contribution in [1.29, 1.82) is 0 Å². The van der Waals surface area contributed by atoms with Crippen LogP contribution in [0.4, 0.5) is 0 Å². The van der Waals surface area contributed by atoms with Crippen molar-refractivity contribution in [3.63, 3.8) is 0 Å². The number of hydrogen-bond donors (Lipinski definition) is 1. The average molecular weight is 332 g/mol. The van der Waals surface area contributed by atoms with E-state index in [0.717, 1.165) is 22.5 Å². The van der Waals surface area contributed by atoms with E-state index in [-0.39, 0.29) is 6.61 Å². The third-order valence-corrected chi connectivity index (χ3v) is 5.24. The molecule has 3 nitrogen and oxygen atoms in total. The number of hydrogen-bond acceptors (Lipinski definition) is 2. The topological polar surface area (TPSA) is 38.0 Å². The van der Waals surface area contributed by atoms with Gasteiger partial charge in [-0.15, -0.1) is 0 Å². The minimum Gasteiger partial charge on any atom is -0.392 e. The molecule has 0 bridgehead atoms. The zero-order valence-electron chi connectivity index (χ0n) is 14.4. The zero-order chi connectivity index (χ0) is 17.1. The zero-order valence-corrected chi connectivity index (χ0v) is 14.4. The molecule has 0 atom stereocenters. The lowest BCUT2D eigenvalue weighted by Gasteiger charge is -2.22. The number of aromatic nitrogens is 2. The molecule has 0 spiro atoms. The second kappa shape index (κ2) is 7.24. The monoisotopic (exact) mass is 332 g/mol. The van der Waals surface area contributed by atoms with E-state index in [2.05, 4.69) is 24.3 Å². The van der Waals surface area contributed by atoms with Crippen molar-refractivity contribution in [3.05, 3.63) is 71.9 Å². The van der Waals surface area contributed by atoms with Crippen molar-refractivity contribution < 1.29 is 5.11 Å². The number of aliphatic hydroxyl groups excluding tert-OH is 1. The molecule has 3 heteroatoms. The van der Waals surface area contributed by atoms with Crippen LogP contribution in [0.3, 0.4) is 0 Å². The fraction of sp³-hybridized carbons (Fsp3) is 0.318. The lowest BCUT2D eigenvalue weighted by Crippen LogP contribution is -2.04. The summed E-state index contributed by atoms with van der Waals surface area (Å²) in [5.41, 5.74) is 5.23. The molecular weight excluding hydrogens is 308 g/mol. The molecule has 1 N–H and O–H groups in total. The van der Waals surface area contributed by atoms with Gasteiger partial charge in [-0.1, -0.05) is 61.7 Å². The van der Waals surface area contributed by atoms with Crippen LogP contribution in [-0.4, -0.2) is 14.9 Å². The summed E-state index contributed by atoms with van der Waals surface area (Å²) >= 11 is 0. The molecule has 25 heavy (non-hydrogen) atoms. The number of nitrogens with zero attached hydrogens (tertiary/aromatic N) is 2. The van der Waals surface area contributed by atoms with Gasteiger partial charge in [0.2, 0.25) is 0 Å². The first-order chi connectivity index (χ1) is 12.3. The van der Waals surface area contributed by atoms with Gasteiger partial charge in [-0.2, -0.15) is 5.10 Å². The minimum atomic E-state index is -0.00740. The van der Waals surface area contributed by atoms with Crippen LogP contribution in [0.25, 0.3) is 16.9 Å². The Balaban J connectivity index is 1.63. The Kier molecular flexibility index (Phi) is 4.66. The van der Waals surface area contributed by atoms with E-state index in [1.807, 2.05) is 41.2 Å². The molecule has 0 aliphatic heterocycles. The molecule has 4 rings (SSSR count). The highest BCUT2D eigenvalue weighted by atomic mass is 16.3. The van der Waals surface area contributed by atoms with Crippen LogP contribution in [-0.2, 0) is 6.61 Å². The summed E-state index contributed by atoms with van der Waals surface area (Å²) in [4.78, 5) is 0. The van der Waals surface area contributed by atoms with Gasteiger partial charge in [0.25, 0.3) is 0 Å². The van der Waals surface area contributed by atoms with Crippen LogP contribution in [0.15, 0.2) is 60.8 Å². The fourth-order valence-electron chi connectivity index (χ4n) is 3.83. The first kappa shape index (κ1) is 16.1. The maximum Gasteiger partial charge on any atom is 0.0982 e. The van der Waals surface area contributed by atoms with Crippen LogP contribution in [0.1, 0.15) is 49.1 Å². The first-order valence-electron chi connectivity index (χ1n) is 9.20. The Morgan fingerprint density at radius 2 is 1.64 bits per heavy atom. The molecule has 128 valence electrons. The number of para-hydroxylation sites is 1. The van der Waals surface area contributed by atoms with Crippen molar-refractivity contribution in [3.8, 4) is 16.9 Å². The molecule has 0 radical (unpaired) electrons. The van der Waals surface area contributed by atoms with Gasteiger partial charge < -0.3 is 5.11 Å². The van der Waals surface area contributed by atoms with Crippen LogP contribution >= 0.6 is 0 Å².